The molecule has 1 aromatic rings. The topological polar surface area (TPSA) is 194 Å². The molecule has 1 aromatic carbocycles. The SMILES string of the molecule is C=CC(=O)Nc1ccc(CN(CC(=O)O)C(=O)O)c(NC(C(=O)O)C(=O)O)c1. The van der Waals surface area contributed by atoms with E-state index in [0.29, 0.717) is 4.90 Å². The van der Waals surface area contributed by atoms with Crippen molar-refractivity contribution in [3.8, 4) is 0 Å². The molecule has 0 aliphatic heterocycles. The molecule has 0 spiro atoms. The summed E-state index contributed by atoms with van der Waals surface area (Å²) in [6.45, 7) is 1.93. The molecule has 0 aliphatic rings. The number of amides is 2. The quantitative estimate of drug-likeness (QED) is 0.237. The maximum atomic E-state index is 11.4. The summed E-state index contributed by atoms with van der Waals surface area (Å²) in [6, 6.07) is 1.76. The van der Waals surface area contributed by atoms with E-state index in [2.05, 4.69) is 17.2 Å². The summed E-state index contributed by atoms with van der Waals surface area (Å²) in [6.07, 6.45) is -0.581. The van der Waals surface area contributed by atoms with E-state index in [9.17, 15) is 24.0 Å². The first-order valence-electron chi connectivity index (χ1n) is 7.53. The highest BCUT2D eigenvalue weighted by Crippen LogP contribution is 2.24. The number of carboxylic acids is 3. The zero-order chi connectivity index (χ0) is 21.4. The van der Waals surface area contributed by atoms with Gasteiger partial charge in [-0.05, 0) is 23.8 Å². The monoisotopic (exact) mass is 395 g/mol. The van der Waals surface area contributed by atoms with Crippen molar-refractivity contribution >= 4 is 41.3 Å². The summed E-state index contributed by atoms with van der Waals surface area (Å²) in [7, 11) is 0. The van der Waals surface area contributed by atoms with Crippen LogP contribution in [-0.2, 0) is 25.7 Å². The fourth-order valence-electron chi connectivity index (χ4n) is 2.06. The van der Waals surface area contributed by atoms with Gasteiger partial charge in [0.15, 0.2) is 0 Å². The van der Waals surface area contributed by atoms with Crippen molar-refractivity contribution in [1.82, 2.24) is 4.90 Å². The molecule has 0 aliphatic carbocycles. The van der Waals surface area contributed by atoms with Crippen molar-refractivity contribution in [3.05, 3.63) is 36.4 Å². The van der Waals surface area contributed by atoms with E-state index in [-0.39, 0.29) is 16.9 Å². The van der Waals surface area contributed by atoms with Crippen molar-refractivity contribution in [2.75, 3.05) is 17.2 Å². The summed E-state index contributed by atoms with van der Waals surface area (Å²) in [5, 5.41) is 40.6. The lowest BCUT2D eigenvalue weighted by atomic mass is 10.1. The minimum atomic E-state index is -2.07. The Morgan fingerprint density at radius 2 is 1.68 bits per heavy atom. The lowest BCUT2D eigenvalue weighted by molar-refractivity contribution is -0.148. The van der Waals surface area contributed by atoms with Crippen molar-refractivity contribution in [3.63, 3.8) is 0 Å². The van der Waals surface area contributed by atoms with Gasteiger partial charge in [0.2, 0.25) is 11.9 Å². The van der Waals surface area contributed by atoms with Gasteiger partial charge in [0, 0.05) is 11.4 Å². The average molecular weight is 395 g/mol. The molecule has 0 bridgehead atoms. The smallest absolute Gasteiger partial charge is 0.408 e. The summed E-state index contributed by atoms with van der Waals surface area (Å²) in [5.41, 5.74) is 0.117. The Kier molecular flexibility index (Phi) is 7.50. The van der Waals surface area contributed by atoms with E-state index in [1.54, 1.807) is 0 Å². The van der Waals surface area contributed by atoms with Crippen LogP contribution in [0.5, 0.6) is 0 Å². The van der Waals surface area contributed by atoms with Crippen LogP contribution in [0.1, 0.15) is 5.56 Å². The van der Waals surface area contributed by atoms with Crippen molar-refractivity contribution in [2.24, 2.45) is 0 Å². The van der Waals surface area contributed by atoms with Crippen molar-refractivity contribution in [1.29, 1.82) is 0 Å². The fraction of sp³-hybridized carbons (Fsp3) is 0.188. The van der Waals surface area contributed by atoms with Gasteiger partial charge >= 0.3 is 24.0 Å². The lowest BCUT2D eigenvalue weighted by Gasteiger charge is -2.21. The number of nitrogens with one attached hydrogen (secondary N) is 2. The minimum Gasteiger partial charge on any atom is -0.480 e. The molecule has 6 N–H and O–H groups in total. The summed E-state index contributed by atoms with van der Waals surface area (Å²) >= 11 is 0. The Hall–Kier alpha value is -4.09. The van der Waals surface area contributed by atoms with Gasteiger partial charge in [0.05, 0.1) is 6.54 Å². The largest absolute Gasteiger partial charge is 0.480 e. The van der Waals surface area contributed by atoms with Gasteiger partial charge in [0.25, 0.3) is 0 Å². The Bertz CT molecular complexity index is 808. The molecule has 0 radical (unpaired) electrons. The Balaban J connectivity index is 3.32. The first-order valence-corrected chi connectivity index (χ1v) is 7.53. The fourth-order valence-corrected chi connectivity index (χ4v) is 2.06. The van der Waals surface area contributed by atoms with Crippen molar-refractivity contribution in [2.45, 2.75) is 12.6 Å². The normalized spacial score (nSPS) is 10.0. The molecule has 0 aromatic heterocycles. The predicted octanol–water partition coefficient (Wildman–Crippen LogP) is 0.325. The first-order chi connectivity index (χ1) is 13.0. The Labute approximate surface area is 157 Å². The van der Waals surface area contributed by atoms with E-state index in [0.717, 1.165) is 6.08 Å². The number of aliphatic carboxylic acids is 3. The van der Waals surface area contributed by atoms with E-state index in [1.807, 2.05) is 0 Å². The third kappa shape index (κ3) is 6.33. The summed E-state index contributed by atoms with van der Waals surface area (Å²) in [5.74, 6) is -5.43. The van der Waals surface area contributed by atoms with Crippen LogP contribution in [0, 0.1) is 0 Å². The second kappa shape index (κ2) is 9.56. The van der Waals surface area contributed by atoms with Crippen LogP contribution in [0.2, 0.25) is 0 Å². The minimum absolute atomic E-state index is 0.0905. The highest BCUT2D eigenvalue weighted by Gasteiger charge is 2.27. The summed E-state index contributed by atoms with van der Waals surface area (Å²) in [4.78, 5) is 56.3. The number of nitrogens with zero attached hydrogens (tertiary/aromatic N) is 1. The summed E-state index contributed by atoms with van der Waals surface area (Å²) < 4.78 is 0. The number of carboxylic acid groups (broad SMARTS) is 4. The van der Waals surface area contributed by atoms with Gasteiger partial charge in [-0.15, -0.1) is 0 Å². The number of benzene rings is 1. The van der Waals surface area contributed by atoms with Crippen LogP contribution in [-0.4, -0.2) is 67.8 Å². The number of rotatable bonds is 10. The number of hydrogen-bond acceptors (Lipinski definition) is 6. The highest BCUT2D eigenvalue weighted by molar-refractivity contribution is 6.01. The molecule has 28 heavy (non-hydrogen) atoms. The van der Waals surface area contributed by atoms with Crippen LogP contribution in [0.4, 0.5) is 16.2 Å². The van der Waals surface area contributed by atoms with E-state index < -0.39 is 49.0 Å². The number of anilines is 2. The zero-order valence-electron chi connectivity index (χ0n) is 14.3. The number of hydrogen-bond donors (Lipinski definition) is 6. The predicted molar refractivity (Wildman–Crippen MR) is 94.0 cm³/mol. The van der Waals surface area contributed by atoms with Gasteiger partial charge in [0.1, 0.15) is 6.54 Å². The standard InChI is InChI=1S/C16H17N3O9/c1-2-11(20)17-9-4-3-8(6-19(16(27)28)7-12(21)22)10(5-9)18-13(14(23)24)15(25)26/h2-5,13,18H,1,6-7H2,(H,17,20)(H,21,22)(H,23,24)(H,25,26)(H,27,28). The van der Waals surface area contributed by atoms with Crippen molar-refractivity contribution < 1.29 is 44.4 Å². The average Bonchev–Trinajstić information content (AvgIpc) is 2.59. The van der Waals surface area contributed by atoms with Crippen LogP contribution >= 0.6 is 0 Å². The van der Waals surface area contributed by atoms with Gasteiger partial charge in [-0.25, -0.2) is 14.4 Å². The highest BCUT2D eigenvalue weighted by atomic mass is 16.4. The van der Waals surface area contributed by atoms with Gasteiger partial charge in [-0.1, -0.05) is 12.6 Å². The molecular formula is C16H17N3O9. The Morgan fingerprint density at radius 3 is 2.14 bits per heavy atom. The first kappa shape index (κ1) is 22.0. The van der Waals surface area contributed by atoms with E-state index >= 15 is 0 Å². The molecule has 0 fully saturated rings. The van der Waals surface area contributed by atoms with Crippen LogP contribution in [0.15, 0.2) is 30.9 Å². The third-order valence-corrected chi connectivity index (χ3v) is 3.31. The van der Waals surface area contributed by atoms with Gasteiger partial charge < -0.3 is 31.1 Å². The number of carbonyl (C=O) groups is 5. The molecule has 0 saturated carbocycles. The maximum absolute atomic E-state index is 11.4. The van der Waals surface area contributed by atoms with Crippen LogP contribution < -0.4 is 10.6 Å². The zero-order valence-corrected chi connectivity index (χ0v) is 14.3. The van der Waals surface area contributed by atoms with E-state index in [1.165, 1.54) is 18.2 Å². The molecular weight excluding hydrogens is 378 g/mol. The molecule has 0 atom stereocenters. The number of carbonyl (C=O) groups excluding carboxylic acids is 1. The molecule has 0 unspecified atom stereocenters. The Morgan fingerprint density at radius 1 is 1.07 bits per heavy atom. The molecule has 0 saturated heterocycles. The van der Waals surface area contributed by atoms with Gasteiger partial charge in [-0.2, -0.15) is 0 Å². The molecule has 12 heteroatoms. The molecule has 12 nitrogen and oxygen atoms in total. The van der Waals surface area contributed by atoms with Gasteiger partial charge in [-0.3, -0.25) is 14.5 Å². The molecule has 150 valence electrons. The second-order valence-electron chi connectivity index (χ2n) is 5.35. The molecule has 1 rings (SSSR count). The van der Waals surface area contributed by atoms with Crippen LogP contribution in [0.3, 0.4) is 0 Å². The van der Waals surface area contributed by atoms with E-state index in [4.69, 9.17) is 20.4 Å². The molecule has 2 amide bonds. The maximum Gasteiger partial charge on any atom is 0.408 e. The third-order valence-electron chi connectivity index (χ3n) is 3.31. The second-order valence-corrected chi connectivity index (χ2v) is 5.35. The lowest BCUT2D eigenvalue weighted by Crippen LogP contribution is -2.38. The van der Waals surface area contributed by atoms with Crippen LogP contribution in [0.25, 0.3) is 0 Å². The molecule has 0 heterocycles.